The Labute approximate surface area is 299 Å². The molecule has 0 unspecified atom stereocenters. The SMILES string of the molecule is [CH2][C@@H](C(=O)N1CCC[C@H]1c1ncc(-c2ccc(-c3ccc(-c4cnc([C@@H]5CCCN5C(=O)C5CCN(C)CC5)[nH]4)cn3)cc2)[nH]1)c1ccccc1. The molecule has 3 fully saturated rings. The van der Waals surface area contributed by atoms with Crippen LogP contribution in [-0.4, -0.2) is 84.7 Å². The van der Waals surface area contributed by atoms with E-state index in [1.807, 2.05) is 59.9 Å². The Hall–Kier alpha value is -5.09. The van der Waals surface area contributed by atoms with E-state index in [9.17, 15) is 9.59 Å². The van der Waals surface area contributed by atoms with E-state index in [2.05, 4.69) is 64.1 Å². The molecule has 3 atom stereocenters. The molecule has 261 valence electrons. The maximum atomic E-state index is 13.4. The van der Waals surface area contributed by atoms with E-state index < -0.39 is 5.92 Å². The molecule has 1 radical (unpaired) electrons. The van der Waals surface area contributed by atoms with Crippen molar-refractivity contribution in [3.63, 3.8) is 0 Å². The van der Waals surface area contributed by atoms with Gasteiger partial charge in [-0.05, 0) is 88.8 Å². The van der Waals surface area contributed by atoms with E-state index in [-0.39, 0.29) is 29.8 Å². The fraction of sp³-hybridized carbons (Fsp3) is 0.366. The topological polar surface area (TPSA) is 114 Å². The molecule has 2 amide bonds. The number of H-pyrrole nitrogens is 2. The van der Waals surface area contributed by atoms with Crippen molar-refractivity contribution in [2.24, 2.45) is 5.92 Å². The third-order valence-electron chi connectivity index (χ3n) is 11.0. The highest BCUT2D eigenvalue weighted by atomic mass is 16.2. The minimum Gasteiger partial charge on any atom is -0.340 e. The van der Waals surface area contributed by atoms with Crippen LogP contribution in [0.15, 0.2) is 85.3 Å². The van der Waals surface area contributed by atoms with Crippen molar-refractivity contribution in [3.05, 3.63) is 109 Å². The summed E-state index contributed by atoms with van der Waals surface area (Å²) in [5, 5.41) is 0. The molecular formula is C41H45N8O2. The molecule has 3 aliphatic rings. The number of piperidine rings is 1. The zero-order valence-electron chi connectivity index (χ0n) is 29.2. The molecule has 10 heteroatoms. The Balaban J connectivity index is 0.913. The maximum Gasteiger partial charge on any atom is 0.230 e. The fourth-order valence-electron chi connectivity index (χ4n) is 8.00. The summed E-state index contributed by atoms with van der Waals surface area (Å²) in [6, 6.07) is 22.0. The van der Waals surface area contributed by atoms with Crippen molar-refractivity contribution < 1.29 is 9.59 Å². The van der Waals surface area contributed by atoms with Crippen LogP contribution in [0.2, 0.25) is 0 Å². The molecule has 2 N–H and O–H groups in total. The first-order valence-electron chi connectivity index (χ1n) is 18.3. The largest absolute Gasteiger partial charge is 0.340 e. The van der Waals surface area contributed by atoms with E-state index in [0.717, 1.165) is 109 Å². The summed E-state index contributed by atoms with van der Waals surface area (Å²) in [6.45, 7) is 7.65. The quantitative estimate of drug-likeness (QED) is 0.186. The minimum absolute atomic E-state index is 0.00262. The number of nitrogens with one attached hydrogen (secondary N) is 2. The highest BCUT2D eigenvalue weighted by molar-refractivity contribution is 5.85. The Morgan fingerprint density at radius 1 is 0.686 bits per heavy atom. The summed E-state index contributed by atoms with van der Waals surface area (Å²) in [5.74, 6) is 1.66. The van der Waals surface area contributed by atoms with Gasteiger partial charge in [0.2, 0.25) is 11.8 Å². The molecule has 0 aliphatic carbocycles. The number of carbonyl (C=O) groups excluding carboxylic acids is 2. The lowest BCUT2D eigenvalue weighted by Crippen LogP contribution is -2.41. The van der Waals surface area contributed by atoms with Gasteiger partial charge in [-0.15, -0.1) is 0 Å². The van der Waals surface area contributed by atoms with Crippen LogP contribution >= 0.6 is 0 Å². The van der Waals surface area contributed by atoms with Gasteiger partial charge in [0.15, 0.2) is 0 Å². The van der Waals surface area contributed by atoms with Crippen LogP contribution in [0, 0.1) is 12.8 Å². The molecule has 51 heavy (non-hydrogen) atoms. The van der Waals surface area contributed by atoms with Gasteiger partial charge in [0.25, 0.3) is 0 Å². The van der Waals surface area contributed by atoms with Gasteiger partial charge in [-0.1, -0.05) is 54.6 Å². The summed E-state index contributed by atoms with van der Waals surface area (Å²) < 4.78 is 0. The van der Waals surface area contributed by atoms with Crippen LogP contribution in [0.4, 0.5) is 0 Å². The first kappa shape index (κ1) is 33.1. The van der Waals surface area contributed by atoms with Crippen LogP contribution in [0.3, 0.4) is 0 Å². The first-order valence-corrected chi connectivity index (χ1v) is 18.3. The number of likely N-dealkylation sites (tertiary alicyclic amines) is 3. The van der Waals surface area contributed by atoms with Gasteiger partial charge >= 0.3 is 0 Å². The van der Waals surface area contributed by atoms with Crippen LogP contribution < -0.4 is 0 Å². The Bertz CT molecular complexity index is 1960. The van der Waals surface area contributed by atoms with Crippen molar-refractivity contribution in [2.75, 3.05) is 33.2 Å². The number of pyridine rings is 1. The highest BCUT2D eigenvalue weighted by Gasteiger charge is 2.37. The zero-order chi connectivity index (χ0) is 34.9. The molecule has 10 nitrogen and oxygen atoms in total. The minimum atomic E-state index is -0.443. The third kappa shape index (κ3) is 6.72. The second kappa shape index (κ2) is 14.3. The van der Waals surface area contributed by atoms with Crippen LogP contribution in [0.5, 0.6) is 0 Å². The molecular weight excluding hydrogens is 637 g/mol. The predicted molar refractivity (Wildman–Crippen MR) is 197 cm³/mol. The summed E-state index contributed by atoms with van der Waals surface area (Å²) in [4.78, 5) is 54.4. The number of aromatic nitrogens is 5. The highest BCUT2D eigenvalue weighted by Crippen LogP contribution is 2.36. The van der Waals surface area contributed by atoms with Crippen molar-refractivity contribution in [2.45, 2.75) is 56.5 Å². The lowest BCUT2D eigenvalue weighted by atomic mass is 9.95. The van der Waals surface area contributed by atoms with Crippen LogP contribution in [0.25, 0.3) is 33.8 Å². The number of carbonyl (C=O) groups is 2. The molecule has 2 aromatic carbocycles. The van der Waals surface area contributed by atoms with Crippen molar-refractivity contribution >= 4 is 11.8 Å². The molecule has 6 heterocycles. The number of imidazole rings is 2. The average Bonchev–Trinajstić information content (AvgIpc) is 4.02. The molecule has 0 spiro atoms. The third-order valence-corrected chi connectivity index (χ3v) is 11.0. The molecule has 0 saturated carbocycles. The van der Waals surface area contributed by atoms with Crippen LogP contribution in [-0.2, 0) is 9.59 Å². The Morgan fingerprint density at radius 2 is 1.27 bits per heavy atom. The smallest absolute Gasteiger partial charge is 0.230 e. The number of aromatic amines is 2. The maximum absolute atomic E-state index is 13.4. The second-order valence-corrected chi connectivity index (χ2v) is 14.3. The lowest BCUT2D eigenvalue weighted by Gasteiger charge is -2.32. The van der Waals surface area contributed by atoms with E-state index in [1.54, 1.807) is 0 Å². The van der Waals surface area contributed by atoms with Gasteiger partial charge in [0.05, 0.1) is 47.5 Å². The van der Waals surface area contributed by atoms with E-state index in [0.29, 0.717) is 6.54 Å². The van der Waals surface area contributed by atoms with Gasteiger partial charge in [0.1, 0.15) is 11.6 Å². The predicted octanol–water partition coefficient (Wildman–Crippen LogP) is 6.82. The Kier molecular flexibility index (Phi) is 9.25. The van der Waals surface area contributed by atoms with E-state index >= 15 is 0 Å². The van der Waals surface area contributed by atoms with Crippen molar-refractivity contribution in [3.8, 4) is 33.8 Å². The molecule has 5 aromatic rings. The molecule has 8 rings (SSSR count). The summed E-state index contributed by atoms with van der Waals surface area (Å²) in [5.41, 5.74) is 6.61. The number of hydrogen-bond donors (Lipinski definition) is 2. The summed E-state index contributed by atoms with van der Waals surface area (Å²) in [7, 11) is 2.13. The standard InChI is InChI=1S/C41H45N8O2/c1-27(28-8-4-3-5-9-28)40(50)48-20-6-10-36(48)38-43-25-34(45-38)30-14-12-29(13-15-30)33-17-16-32(24-42-33)35-26-44-39(46-35)37-11-7-21-49(37)41(51)31-18-22-47(2)23-19-31/h3-5,8-9,12-17,24-27,31,36-37H,1,6-7,10-11,18-23H2,2H3,(H,43,45)(H,44,46)/t27-,36+,37+/m1/s1. The van der Waals surface area contributed by atoms with Crippen LogP contribution in [0.1, 0.15) is 73.7 Å². The number of amides is 2. The molecule has 3 aromatic heterocycles. The molecule has 0 bridgehead atoms. The molecule has 3 aliphatic heterocycles. The van der Waals surface area contributed by atoms with Gasteiger partial charge in [-0.3, -0.25) is 14.6 Å². The summed E-state index contributed by atoms with van der Waals surface area (Å²) in [6.07, 6.45) is 11.2. The van der Waals surface area contributed by atoms with Crippen molar-refractivity contribution in [1.82, 2.24) is 39.6 Å². The van der Waals surface area contributed by atoms with Gasteiger partial charge < -0.3 is 24.7 Å². The van der Waals surface area contributed by atoms with Crippen molar-refractivity contribution in [1.29, 1.82) is 0 Å². The number of rotatable bonds is 8. The van der Waals surface area contributed by atoms with Gasteiger partial charge in [-0.2, -0.15) is 0 Å². The Morgan fingerprint density at radius 3 is 1.92 bits per heavy atom. The lowest BCUT2D eigenvalue weighted by molar-refractivity contribution is -0.138. The van der Waals surface area contributed by atoms with Gasteiger partial charge in [0, 0.05) is 36.3 Å². The normalized spacial score (nSPS) is 20.6. The van der Waals surface area contributed by atoms with Gasteiger partial charge in [-0.25, -0.2) is 9.97 Å². The first-order chi connectivity index (χ1) is 24.9. The number of nitrogens with zero attached hydrogens (tertiary/aromatic N) is 6. The van der Waals surface area contributed by atoms with E-state index in [1.165, 1.54) is 0 Å². The summed E-state index contributed by atoms with van der Waals surface area (Å²) >= 11 is 0. The zero-order valence-corrected chi connectivity index (χ0v) is 29.2. The molecule has 3 saturated heterocycles. The second-order valence-electron chi connectivity index (χ2n) is 14.3. The number of benzene rings is 2. The monoisotopic (exact) mass is 681 g/mol. The fourth-order valence-corrected chi connectivity index (χ4v) is 8.00. The average molecular weight is 682 g/mol. The number of hydrogen-bond acceptors (Lipinski definition) is 6. The van der Waals surface area contributed by atoms with E-state index in [4.69, 9.17) is 15.0 Å².